The summed E-state index contributed by atoms with van der Waals surface area (Å²) in [6.07, 6.45) is 5.60. The van der Waals surface area contributed by atoms with Gasteiger partial charge in [0.1, 0.15) is 5.56 Å². The Morgan fingerprint density at radius 3 is 2.67 bits per heavy atom. The molecule has 4 rings (SSSR count). The summed E-state index contributed by atoms with van der Waals surface area (Å²) >= 11 is 0. The van der Waals surface area contributed by atoms with Gasteiger partial charge >= 0.3 is 0 Å². The first kappa shape index (κ1) is 20.5. The lowest BCUT2D eigenvalue weighted by Gasteiger charge is -2.32. The molecule has 0 bridgehead atoms. The van der Waals surface area contributed by atoms with Crippen molar-refractivity contribution in [1.29, 1.82) is 0 Å². The van der Waals surface area contributed by atoms with Crippen LogP contribution in [-0.4, -0.2) is 77.1 Å². The van der Waals surface area contributed by atoms with E-state index in [1.165, 1.54) is 0 Å². The Kier molecular flexibility index (Phi) is 6.40. The molecule has 1 aliphatic rings. The number of fused-ring (bicyclic) bond motifs is 1. The number of likely N-dealkylation sites (N-methyl/N-ethyl adjacent to an activating group) is 1. The molecule has 1 saturated heterocycles. The van der Waals surface area contributed by atoms with Crippen LogP contribution in [0.2, 0.25) is 0 Å². The Labute approximate surface area is 177 Å². The largest absolute Gasteiger partial charge is 0.352 e. The van der Waals surface area contributed by atoms with Gasteiger partial charge in [0, 0.05) is 31.4 Å². The Morgan fingerprint density at radius 1 is 1.17 bits per heavy atom. The third-order valence-electron chi connectivity index (χ3n) is 5.84. The van der Waals surface area contributed by atoms with E-state index in [0.29, 0.717) is 23.7 Å². The van der Waals surface area contributed by atoms with Crippen LogP contribution in [0.15, 0.2) is 48.8 Å². The number of rotatable bonds is 7. The SMILES string of the molecule is CN(C)CCN1CCC(CNC(=O)c2cnn3c(-c4ccccc4)ccnc23)CC1. The zero-order valence-electron chi connectivity index (χ0n) is 17.8. The number of hydrogen-bond acceptors (Lipinski definition) is 5. The first-order valence-electron chi connectivity index (χ1n) is 10.7. The van der Waals surface area contributed by atoms with Crippen LogP contribution in [0.1, 0.15) is 23.2 Å². The molecule has 7 nitrogen and oxygen atoms in total. The van der Waals surface area contributed by atoms with E-state index in [1.807, 2.05) is 36.4 Å². The van der Waals surface area contributed by atoms with Crippen molar-refractivity contribution in [1.82, 2.24) is 29.7 Å². The predicted octanol–water partition coefficient (Wildman–Crippen LogP) is 2.40. The minimum Gasteiger partial charge on any atom is -0.352 e. The fourth-order valence-electron chi connectivity index (χ4n) is 3.97. The van der Waals surface area contributed by atoms with E-state index in [-0.39, 0.29) is 5.91 Å². The highest BCUT2D eigenvalue weighted by molar-refractivity contribution is 5.99. The lowest BCUT2D eigenvalue weighted by Crippen LogP contribution is -2.41. The number of likely N-dealkylation sites (tertiary alicyclic amines) is 1. The van der Waals surface area contributed by atoms with Gasteiger partial charge in [0.25, 0.3) is 5.91 Å². The van der Waals surface area contributed by atoms with E-state index < -0.39 is 0 Å². The molecule has 7 heteroatoms. The van der Waals surface area contributed by atoms with Gasteiger partial charge in [0.15, 0.2) is 5.65 Å². The summed E-state index contributed by atoms with van der Waals surface area (Å²) in [5, 5.41) is 7.55. The summed E-state index contributed by atoms with van der Waals surface area (Å²) < 4.78 is 1.74. The summed E-state index contributed by atoms with van der Waals surface area (Å²) in [6, 6.07) is 11.9. The van der Waals surface area contributed by atoms with E-state index in [9.17, 15) is 4.79 Å². The zero-order valence-corrected chi connectivity index (χ0v) is 17.8. The molecule has 0 atom stereocenters. The first-order chi connectivity index (χ1) is 14.6. The zero-order chi connectivity index (χ0) is 20.9. The summed E-state index contributed by atoms with van der Waals surface area (Å²) in [7, 11) is 4.22. The highest BCUT2D eigenvalue weighted by Crippen LogP contribution is 2.21. The molecule has 0 spiro atoms. The van der Waals surface area contributed by atoms with Gasteiger partial charge in [-0.15, -0.1) is 0 Å². The Morgan fingerprint density at radius 2 is 1.93 bits per heavy atom. The highest BCUT2D eigenvalue weighted by Gasteiger charge is 2.21. The van der Waals surface area contributed by atoms with Crippen LogP contribution in [0, 0.1) is 5.92 Å². The van der Waals surface area contributed by atoms with Crippen molar-refractivity contribution in [3.05, 3.63) is 54.4 Å². The molecule has 1 fully saturated rings. The molecule has 1 aromatic carbocycles. The second kappa shape index (κ2) is 9.36. The average molecular weight is 407 g/mol. The molecule has 3 aromatic rings. The second-order valence-corrected chi connectivity index (χ2v) is 8.29. The fraction of sp³-hybridized carbons (Fsp3) is 0.435. The van der Waals surface area contributed by atoms with Crippen LogP contribution in [-0.2, 0) is 0 Å². The van der Waals surface area contributed by atoms with Crippen molar-refractivity contribution in [3.8, 4) is 11.3 Å². The van der Waals surface area contributed by atoms with Gasteiger partial charge < -0.3 is 15.1 Å². The minimum atomic E-state index is -0.0993. The van der Waals surface area contributed by atoms with Crippen LogP contribution in [0.3, 0.4) is 0 Å². The quantitative estimate of drug-likeness (QED) is 0.653. The highest BCUT2D eigenvalue weighted by atomic mass is 16.1. The van der Waals surface area contributed by atoms with Gasteiger partial charge in [0.2, 0.25) is 0 Å². The number of hydrogen-bond donors (Lipinski definition) is 1. The summed E-state index contributed by atoms with van der Waals surface area (Å²) in [5.41, 5.74) is 3.08. The van der Waals surface area contributed by atoms with Gasteiger partial charge in [-0.1, -0.05) is 30.3 Å². The fourth-order valence-corrected chi connectivity index (χ4v) is 3.97. The van der Waals surface area contributed by atoms with E-state index in [4.69, 9.17) is 0 Å². The molecular weight excluding hydrogens is 376 g/mol. The second-order valence-electron chi connectivity index (χ2n) is 8.29. The maximum absolute atomic E-state index is 12.8. The maximum Gasteiger partial charge on any atom is 0.256 e. The van der Waals surface area contributed by atoms with Crippen molar-refractivity contribution < 1.29 is 4.79 Å². The van der Waals surface area contributed by atoms with Gasteiger partial charge in [-0.25, -0.2) is 9.50 Å². The molecule has 1 aliphatic heterocycles. The number of carbonyl (C=O) groups is 1. The Bertz CT molecular complexity index is 976. The standard InChI is InChI=1S/C23H30N6O/c1-27(2)14-15-28-12-9-18(10-13-28)16-25-23(30)20-17-26-29-21(8-11-24-22(20)29)19-6-4-3-5-7-19/h3-8,11,17-18H,9-10,12-16H2,1-2H3,(H,25,30). The van der Waals surface area contributed by atoms with Crippen molar-refractivity contribution in [2.24, 2.45) is 5.92 Å². The van der Waals surface area contributed by atoms with Crippen molar-refractivity contribution in [2.75, 3.05) is 46.8 Å². The number of carbonyl (C=O) groups excluding carboxylic acids is 1. The molecule has 1 amide bonds. The number of nitrogens with one attached hydrogen (secondary N) is 1. The van der Waals surface area contributed by atoms with Crippen LogP contribution in [0.4, 0.5) is 0 Å². The van der Waals surface area contributed by atoms with Gasteiger partial charge in [0.05, 0.1) is 11.9 Å². The molecule has 0 aliphatic carbocycles. The molecular formula is C23H30N6O. The van der Waals surface area contributed by atoms with Gasteiger partial charge in [-0.2, -0.15) is 5.10 Å². The number of aromatic nitrogens is 3. The summed E-state index contributed by atoms with van der Waals surface area (Å²) in [5.74, 6) is 0.428. The summed E-state index contributed by atoms with van der Waals surface area (Å²) in [4.78, 5) is 22.0. The number of amides is 1. The predicted molar refractivity (Wildman–Crippen MR) is 118 cm³/mol. The lowest BCUT2D eigenvalue weighted by molar-refractivity contribution is 0.0936. The lowest BCUT2D eigenvalue weighted by atomic mass is 9.96. The van der Waals surface area contributed by atoms with Crippen molar-refractivity contribution in [3.63, 3.8) is 0 Å². The molecule has 2 aromatic heterocycles. The number of piperidine rings is 1. The smallest absolute Gasteiger partial charge is 0.256 e. The monoisotopic (exact) mass is 406 g/mol. The normalized spacial score (nSPS) is 15.7. The van der Waals surface area contributed by atoms with Crippen LogP contribution >= 0.6 is 0 Å². The molecule has 1 N–H and O–H groups in total. The third-order valence-corrected chi connectivity index (χ3v) is 5.84. The molecule has 30 heavy (non-hydrogen) atoms. The molecule has 0 unspecified atom stereocenters. The van der Waals surface area contributed by atoms with Crippen molar-refractivity contribution >= 4 is 11.6 Å². The van der Waals surface area contributed by atoms with E-state index >= 15 is 0 Å². The number of nitrogens with zero attached hydrogens (tertiary/aromatic N) is 5. The Balaban J connectivity index is 1.37. The molecule has 158 valence electrons. The van der Waals surface area contributed by atoms with E-state index in [1.54, 1.807) is 16.9 Å². The van der Waals surface area contributed by atoms with Crippen LogP contribution in [0.25, 0.3) is 16.9 Å². The minimum absolute atomic E-state index is 0.0993. The molecule has 3 heterocycles. The van der Waals surface area contributed by atoms with E-state index in [2.05, 4.69) is 39.3 Å². The Hall–Kier alpha value is -2.77. The van der Waals surface area contributed by atoms with Gasteiger partial charge in [-0.05, 0) is 52.0 Å². The molecule has 0 saturated carbocycles. The topological polar surface area (TPSA) is 65.8 Å². The molecule has 0 radical (unpaired) electrons. The van der Waals surface area contributed by atoms with Crippen LogP contribution in [0.5, 0.6) is 0 Å². The first-order valence-corrected chi connectivity index (χ1v) is 10.7. The summed E-state index contributed by atoms with van der Waals surface area (Å²) in [6.45, 7) is 5.12. The maximum atomic E-state index is 12.8. The number of benzene rings is 1. The average Bonchev–Trinajstić information content (AvgIpc) is 3.22. The van der Waals surface area contributed by atoms with E-state index in [0.717, 1.165) is 50.3 Å². The van der Waals surface area contributed by atoms with Crippen molar-refractivity contribution in [2.45, 2.75) is 12.8 Å². The van der Waals surface area contributed by atoms with Gasteiger partial charge in [-0.3, -0.25) is 4.79 Å². The van der Waals surface area contributed by atoms with Crippen LogP contribution < -0.4 is 5.32 Å². The third kappa shape index (κ3) is 4.68.